The zero-order valence-electron chi connectivity index (χ0n) is 19.5. The second-order valence-electron chi connectivity index (χ2n) is 9.56. The molecule has 0 radical (unpaired) electrons. The highest BCUT2D eigenvalue weighted by atomic mass is 35.5. The lowest BCUT2D eigenvalue weighted by atomic mass is 9.85. The van der Waals surface area contributed by atoms with Gasteiger partial charge in [0.2, 0.25) is 0 Å². The van der Waals surface area contributed by atoms with Crippen LogP contribution in [0.3, 0.4) is 0 Å². The van der Waals surface area contributed by atoms with Gasteiger partial charge in [-0.3, -0.25) is 0 Å². The molecule has 1 nitrogen and oxygen atoms in total. The SMILES string of the molecule is CCCc1ccc(C(CC(C)C)N2C=CC3CC(c4ccc(Cl)cc4C)=CC(F)=C32)cc1. The van der Waals surface area contributed by atoms with Gasteiger partial charge in [0.15, 0.2) is 0 Å². The number of allylic oxidation sites excluding steroid dienone is 4. The van der Waals surface area contributed by atoms with Crippen molar-refractivity contribution in [2.45, 2.75) is 59.4 Å². The van der Waals surface area contributed by atoms with Crippen molar-refractivity contribution in [3.63, 3.8) is 0 Å². The van der Waals surface area contributed by atoms with Crippen LogP contribution in [-0.4, -0.2) is 4.90 Å². The van der Waals surface area contributed by atoms with Crippen molar-refractivity contribution in [2.75, 3.05) is 0 Å². The Morgan fingerprint density at radius 3 is 2.53 bits per heavy atom. The van der Waals surface area contributed by atoms with Gasteiger partial charge in [0, 0.05) is 17.1 Å². The van der Waals surface area contributed by atoms with Crippen LogP contribution in [0.15, 0.2) is 72.3 Å². The number of nitrogens with zero attached hydrogens (tertiary/aromatic N) is 1. The summed E-state index contributed by atoms with van der Waals surface area (Å²) in [5, 5.41) is 0.716. The third-order valence-corrected chi connectivity index (χ3v) is 6.80. The predicted molar refractivity (Wildman–Crippen MR) is 134 cm³/mol. The standard InChI is InChI=1S/C29H33ClFN/c1-5-6-21-7-9-22(10-8-21)28(15-19(2)3)32-14-13-23-17-24(18-27(31)29(23)32)26-12-11-25(30)16-20(26)4/h7-14,16,18-19,23,28H,5-6,15,17H2,1-4H3. The number of hydrogen-bond acceptors (Lipinski definition) is 1. The van der Waals surface area contributed by atoms with Crippen LogP contribution in [-0.2, 0) is 6.42 Å². The zero-order valence-corrected chi connectivity index (χ0v) is 20.3. The van der Waals surface area contributed by atoms with Gasteiger partial charge in [-0.15, -0.1) is 0 Å². The summed E-state index contributed by atoms with van der Waals surface area (Å²) in [4.78, 5) is 2.19. The molecule has 0 bridgehead atoms. The molecule has 4 rings (SSSR count). The van der Waals surface area contributed by atoms with E-state index in [1.54, 1.807) is 6.08 Å². The quantitative estimate of drug-likeness (QED) is 0.408. The molecule has 2 aliphatic rings. The smallest absolute Gasteiger partial charge is 0.143 e. The van der Waals surface area contributed by atoms with E-state index in [0.29, 0.717) is 10.9 Å². The normalized spacial score (nSPS) is 18.9. The van der Waals surface area contributed by atoms with Crippen molar-refractivity contribution >= 4 is 17.2 Å². The van der Waals surface area contributed by atoms with Gasteiger partial charge in [-0.25, -0.2) is 4.39 Å². The molecule has 0 N–H and O–H groups in total. The summed E-state index contributed by atoms with van der Waals surface area (Å²) in [5.41, 5.74) is 6.64. The molecule has 2 atom stereocenters. The Morgan fingerprint density at radius 2 is 1.88 bits per heavy atom. The summed E-state index contributed by atoms with van der Waals surface area (Å²) in [5.74, 6) is 0.462. The molecule has 168 valence electrons. The summed E-state index contributed by atoms with van der Waals surface area (Å²) >= 11 is 6.13. The molecule has 1 aliphatic heterocycles. The number of rotatable bonds is 7. The van der Waals surface area contributed by atoms with Crippen LogP contribution in [0.5, 0.6) is 0 Å². The van der Waals surface area contributed by atoms with Crippen molar-refractivity contribution < 1.29 is 4.39 Å². The van der Waals surface area contributed by atoms with Crippen molar-refractivity contribution in [1.82, 2.24) is 4.90 Å². The average molecular weight is 450 g/mol. The second-order valence-corrected chi connectivity index (χ2v) is 9.99. The first-order chi connectivity index (χ1) is 15.4. The molecule has 0 fully saturated rings. The van der Waals surface area contributed by atoms with E-state index in [1.807, 2.05) is 25.1 Å². The third-order valence-electron chi connectivity index (χ3n) is 6.56. The number of halogens is 2. The van der Waals surface area contributed by atoms with E-state index in [-0.39, 0.29) is 17.8 Å². The highest BCUT2D eigenvalue weighted by Gasteiger charge is 2.35. The van der Waals surface area contributed by atoms with E-state index in [0.717, 1.165) is 48.1 Å². The van der Waals surface area contributed by atoms with Gasteiger partial charge < -0.3 is 4.90 Å². The highest BCUT2D eigenvalue weighted by molar-refractivity contribution is 6.30. The number of aryl methyl sites for hydroxylation is 2. The molecule has 2 unspecified atom stereocenters. The van der Waals surface area contributed by atoms with Gasteiger partial charge in [0.1, 0.15) is 5.83 Å². The Balaban J connectivity index is 1.68. The number of benzene rings is 2. The first-order valence-corrected chi connectivity index (χ1v) is 12.2. The maximum Gasteiger partial charge on any atom is 0.143 e. The summed E-state index contributed by atoms with van der Waals surface area (Å²) in [6, 6.07) is 14.9. The van der Waals surface area contributed by atoms with Crippen LogP contribution < -0.4 is 0 Å². The Morgan fingerprint density at radius 1 is 1.12 bits per heavy atom. The molecular formula is C29H33ClFN. The van der Waals surface area contributed by atoms with Crippen LogP contribution in [0.2, 0.25) is 5.02 Å². The molecule has 0 saturated heterocycles. The fourth-order valence-corrected chi connectivity index (χ4v) is 5.27. The monoisotopic (exact) mass is 449 g/mol. The van der Waals surface area contributed by atoms with Crippen LogP contribution in [0.1, 0.15) is 68.3 Å². The Hall–Kier alpha value is -2.32. The molecule has 3 heteroatoms. The van der Waals surface area contributed by atoms with Crippen LogP contribution >= 0.6 is 11.6 Å². The summed E-state index contributed by atoms with van der Waals surface area (Å²) in [6.45, 7) is 8.72. The van der Waals surface area contributed by atoms with Crippen molar-refractivity contribution in [3.05, 3.63) is 99.6 Å². The second kappa shape index (κ2) is 9.67. The highest BCUT2D eigenvalue weighted by Crippen LogP contribution is 2.46. The Kier molecular flexibility index (Phi) is 6.90. The maximum absolute atomic E-state index is 15.6. The lowest BCUT2D eigenvalue weighted by Crippen LogP contribution is -2.26. The Labute approximate surface area is 197 Å². The summed E-state index contributed by atoms with van der Waals surface area (Å²) < 4.78 is 15.6. The minimum absolute atomic E-state index is 0.0686. The van der Waals surface area contributed by atoms with Crippen LogP contribution in [0.25, 0.3) is 5.57 Å². The van der Waals surface area contributed by atoms with E-state index in [2.05, 4.69) is 62.2 Å². The zero-order chi connectivity index (χ0) is 22.8. The predicted octanol–water partition coefficient (Wildman–Crippen LogP) is 8.80. The Bertz CT molecular complexity index is 1060. The van der Waals surface area contributed by atoms with E-state index in [9.17, 15) is 0 Å². The minimum atomic E-state index is -0.119. The fourth-order valence-electron chi connectivity index (χ4n) is 5.05. The largest absolute Gasteiger partial charge is 0.341 e. The topological polar surface area (TPSA) is 3.24 Å². The first-order valence-electron chi connectivity index (χ1n) is 11.8. The number of fused-ring (bicyclic) bond motifs is 1. The number of hydrogen-bond donors (Lipinski definition) is 0. The summed E-state index contributed by atoms with van der Waals surface area (Å²) in [6.07, 6.45) is 10.0. The van der Waals surface area contributed by atoms with Gasteiger partial charge in [-0.05, 0) is 78.1 Å². The van der Waals surface area contributed by atoms with Crippen LogP contribution in [0.4, 0.5) is 4.39 Å². The fraction of sp³-hybridized carbons (Fsp3) is 0.379. The molecule has 32 heavy (non-hydrogen) atoms. The molecule has 1 aliphatic carbocycles. The van der Waals surface area contributed by atoms with Crippen LogP contribution in [0, 0.1) is 18.8 Å². The van der Waals surface area contributed by atoms with Gasteiger partial charge in [0.25, 0.3) is 0 Å². The van der Waals surface area contributed by atoms with E-state index >= 15 is 4.39 Å². The molecular weight excluding hydrogens is 417 g/mol. The maximum atomic E-state index is 15.6. The molecule has 0 aromatic heterocycles. The van der Waals surface area contributed by atoms with Gasteiger partial charge in [-0.2, -0.15) is 0 Å². The molecule has 0 saturated carbocycles. The molecule has 1 heterocycles. The molecule has 2 aromatic rings. The molecule has 0 spiro atoms. The average Bonchev–Trinajstić information content (AvgIpc) is 3.17. The first kappa shape index (κ1) is 22.9. The molecule has 0 amide bonds. The van der Waals surface area contributed by atoms with Gasteiger partial charge >= 0.3 is 0 Å². The van der Waals surface area contributed by atoms with Crippen molar-refractivity contribution in [2.24, 2.45) is 11.8 Å². The summed E-state index contributed by atoms with van der Waals surface area (Å²) in [7, 11) is 0. The molecule has 2 aromatic carbocycles. The lowest BCUT2D eigenvalue weighted by Gasteiger charge is -2.34. The van der Waals surface area contributed by atoms with E-state index in [1.165, 1.54) is 11.1 Å². The van der Waals surface area contributed by atoms with E-state index in [4.69, 9.17) is 11.6 Å². The third kappa shape index (κ3) is 4.71. The van der Waals surface area contributed by atoms with E-state index < -0.39 is 0 Å². The van der Waals surface area contributed by atoms with Gasteiger partial charge in [-0.1, -0.05) is 75.2 Å². The van der Waals surface area contributed by atoms with Crippen molar-refractivity contribution in [3.8, 4) is 0 Å². The lowest BCUT2D eigenvalue weighted by molar-refractivity contribution is 0.284. The van der Waals surface area contributed by atoms with Crippen molar-refractivity contribution in [1.29, 1.82) is 0 Å². The minimum Gasteiger partial charge on any atom is -0.341 e. The van der Waals surface area contributed by atoms with Gasteiger partial charge in [0.05, 0.1) is 11.7 Å².